The number of amides is 2. The van der Waals surface area contributed by atoms with E-state index in [1.54, 1.807) is 31.3 Å². The number of aliphatic hydroxyl groups is 1. The first-order valence-corrected chi connectivity index (χ1v) is 8.15. The third-order valence-electron chi connectivity index (χ3n) is 4.18. The van der Waals surface area contributed by atoms with E-state index in [1.807, 2.05) is 0 Å². The first-order valence-electron chi connectivity index (χ1n) is 8.15. The Morgan fingerprint density at radius 2 is 2.12 bits per heavy atom. The molecule has 1 aromatic rings. The lowest BCUT2D eigenvalue weighted by atomic mass is 10.2. The fourth-order valence-electron chi connectivity index (χ4n) is 2.69. The smallest absolute Gasteiger partial charge is 0.321 e. The maximum Gasteiger partial charge on any atom is 0.321 e. The summed E-state index contributed by atoms with van der Waals surface area (Å²) in [5.74, 6) is 2.54. The molecule has 0 bridgehead atoms. The standard InChI is InChI=1S/C18H26N4O2/c1-4-15-6-5-7-16(12-15)19-18(24)21(3)13-17(23)14-22-10-8-20(2)9-11-22/h1,5-7,12,17,23H,8-11,13-14H2,2-3H3,(H,19,24)/t17-/m0/s1. The Labute approximate surface area is 144 Å². The van der Waals surface area contributed by atoms with Crippen LogP contribution < -0.4 is 5.32 Å². The van der Waals surface area contributed by atoms with Crippen molar-refractivity contribution < 1.29 is 9.90 Å². The van der Waals surface area contributed by atoms with E-state index in [0.717, 1.165) is 26.2 Å². The summed E-state index contributed by atoms with van der Waals surface area (Å²) in [6.45, 7) is 4.78. The monoisotopic (exact) mass is 330 g/mol. The van der Waals surface area contributed by atoms with Gasteiger partial charge in [-0.15, -0.1) is 6.42 Å². The highest BCUT2D eigenvalue weighted by Crippen LogP contribution is 2.10. The number of benzene rings is 1. The third kappa shape index (κ3) is 5.53. The molecular weight excluding hydrogens is 304 g/mol. The summed E-state index contributed by atoms with van der Waals surface area (Å²) in [6.07, 6.45) is 4.79. The second-order valence-electron chi connectivity index (χ2n) is 6.29. The van der Waals surface area contributed by atoms with Crippen LogP contribution in [0, 0.1) is 12.3 Å². The number of β-amino-alcohol motifs (C(OH)–C–C–N with tert-alkyl or cyclic N) is 1. The summed E-state index contributed by atoms with van der Waals surface area (Å²) in [5.41, 5.74) is 1.36. The first-order chi connectivity index (χ1) is 11.5. The van der Waals surface area contributed by atoms with Gasteiger partial charge in [0.25, 0.3) is 0 Å². The van der Waals surface area contributed by atoms with E-state index in [9.17, 15) is 9.90 Å². The van der Waals surface area contributed by atoms with E-state index in [1.165, 1.54) is 4.90 Å². The molecule has 130 valence electrons. The molecule has 0 aromatic heterocycles. The van der Waals surface area contributed by atoms with Crippen LogP contribution in [0.5, 0.6) is 0 Å². The van der Waals surface area contributed by atoms with E-state index >= 15 is 0 Å². The molecule has 2 N–H and O–H groups in total. The molecule has 0 unspecified atom stereocenters. The van der Waals surface area contributed by atoms with Crippen molar-refractivity contribution in [2.75, 3.05) is 58.7 Å². The van der Waals surface area contributed by atoms with Crippen LogP contribution in [0.2, 0.25) is 0 Å². The van der Waals surface area contributed by atoms with Gasteiger partial charge in [0.15, 0.2) is 0 Å². The highest BCUT2D eigenvalue weighted by molar-refractivity contribution is 5.89. The first kappa shape index (κ1) is 18.3. The van der Waals surface area contributed by atoms with Crippen LogP contribution in [0.4, 0.5) is 10.5 Å². The molecule has 1 aliphatic heterocycles. The molecule has 1 fully saturated rings. The number of urea groups is 1. The molecule has 1 aromatic carbocycles. The van der Waals surface area contributed by atoms with Gasteiger partial charge in [0, 0.05) is 57.6 Å². The number of likely N-dealkylation sites (N-methyl/N-ethyl adjacent to an activating group) is 2. The van der Waals surface area contributed by atoms with Gasteiger partial charge in [-0.1, -0.05) is 12.0 Å². The molecule has 0 aliphatic carbocycles. The number of hydrogen-bond donors (Lipinski definition) is 2. The Morgan fingerprint density at radius 1 is 1.42 bits per heavy atom. The molecule has 1 atom stereocenters. The van der Waals surface area contributed by atoms with Crippen molar-refractivity contribution >= 4 is 11.7 Å². The molecule has 6 heteroatoms. The SMILES string of the molecule is C#Cc1cccc(NC(=O)N(C)C[C@H](O)CN2CCN(C)CC2)c1. The highest BCUT2D eigenvalue weighted by Gasteiger charge is 2.19. The summed E-state index contributed by atoms with van der Waals surface area (Å²) in [7, 11) is 3.77. The fourth-order valence-corrected chi connectivity index (χ4v) is 2.69. The molecule has 1 aliphatic rings. The minimum atomic E-state index is -0.568. The zero-order chi connectivity index (χ0) is 17.5. The normalized spacial score (nSPS) is 17.1. The molecule has 2 amide bonds. The number of carbonyl (C=O) groups is 1. The fraction of sp³-hybridized carbons (Fsp3) is 0.500. The number of terminal acetylenes is 1. The van der Waals surface area contributed by atoms with Gasteiger partial charge in [0.2, 0.25) is 0 Å². The predicted molar refractivity (Wildman–Crippen MR) is 96.0 cm³/mol. The van der Waals surface area contributed by atoms with Gasteiger partial charge in [-0.2, -0.15) is 0 Å². The Kier molecular flexibility index (Phi) is 6.62. The second-order valence-corrected chi connectivity index (χ2v) is 6.29. The van der Waals surface area contributed by atoms with Crippen LogP contribution in [0.1, 0.15) is 5.56 Å². The van der Waals surface area contributed by atoms with Crippen LogP contribution in [0.25, 0.3) is 0 Å². The minimum absolute atomic E-state index is 0.262. The average molecular weight is 330 g/mol. The van der Waals surface area contributed by atoms with Crippen LogP contribution >= 0.6 is 0 Å². The van der Waals surface area contributed by atoms with Crippen LogP contribution in [-0.4, -0.2) is 85.3 Å². The Hall–Kier alpha value is -2.07. The Morgan fingerprint density at radius 3 is 2.79 bits per heavy atom. The van der Waals surface area contributed by atoms with E-state index in [2.05, 4.69) is 28.1 Å². The van der Waals surface area contributed by atoms with Crippen molar-refractivity contribution in [1.82, 2.24) is 14.7 Å². The maximum atomic E-state index is 12.2. The van der Waals surface area contributed by atoms with Gasteiger partial charge in [-0.25, -0.2) is 4.79 Å². The van der Waals surface area contributed by atoms with Crippen molar-refractivity contribution in [3.63, 3.8) is 0 Å². The van der Waals surface area contributed by atoms with Crippen molar-refractivity contribution in [3.8, 4) is 12.3 Å². The van der Waals surface area contributed by atoms with E-state index in [0.29, 0.717) is 17.8 Å². The van der Waals surface area contributed by atoms with Crippen molar-refractivity contribution in [2.24, 2.45) is 0 Å². The number of nitrogens with one attached hydrogen (secondary N) is 1. The van der Waals surface area contributed by atoms with Gasteiger partial charge in [-0.3, -0.25) is 4.90 Å². The summed E-state index contributed by atoms with van der Waals surface area (Å²) in [5, 5.41) is 13.0. The molecule has 6 nitrogen and oxygen atoms in total. The molecule has 1 saturated heterocycles. The second kappa shape index (κ2) is 8.69. The average Bonchev–Trinajstić information content (AvgIpc) is 2.57. The molecule has 2 rings (SSSR count). The van der Waals surface area contributed by atoms with Gasteiger partial charge in [-0.05, 0) is 25.2 Å². The molecule has 1 heterocycles. The van der Waals surface area contributed by atoms with Crippen LogP contribution in [0.3, 0.4) is 0 Å². The minimum Gasteiger partial charge on any atom is -0.390 e. The molecule has 0 saturated carbocycles. The van der Waals surface area contributed by atoms with Gasteiger partial charge in [0.1, 0.15) is 0 Å². The van der Waals surface area contributed by atoms with E-state index in [-0.39, 0.29) is 12.6 Å². The maximum absolute atomic E-state index is 12.2. The lowest BCUT2D eigenvalue weighted by Crippen LogP contribution is -2.49. The number of piperazine rings is 1. The Bertz CT molecular complexity index is 591. The van der Waals surface area contributed by atoms with Crippen LogP contribution in [-0.2, 0) is 0 Å². The van der Waals surface area contributed by atoms with E-state index in [4.69, 9.17) is 6.42 Å². The lowest BCUT2D eigenvalue weighted by Gasteiger charge is -2.34. The van der Waals surface area contributed by atoms with Crippen LogP contribution in [0.15, 0.2) is 24.3 Å². The zero-order valence-electron chi connectivity index (χ0n) is 14.4. The van der Waals surface area contributed by atoms with Gasteiger partial charge >= 0.3 is 6.03 Å². The molecular formula is C18H26N4O2. The van der Waals surface area contributed by atoms with Crippen molar-refractivity contribution in [1.29, 1.82) is 0 Å². The molecule has 0 spiro atoms. The summed E-state index contributed by atoms with van der Waals surface area (Å²) in [4.78, 5) is 18.2. The number of aliphatic hydroxyl groups excluding tert-OH is 1. The third-order valence-corrected chi connectivity index (χ3v) is 4.18. The summed E-state index contributed by atoms with van der Waals surface area (Å²) >= 11 is 0. The number of hydrogen-bond acceptors (Lipinski definition) is 4. The van der Waals surface area contributed by atoms with Crippen molar-refractivity contribution in [2.45, 2.75) is 6.10 Å². The number of anilines is 1. The number of nitrogens with zero attached hydrogens (tertiary/aromatic N) is 3. The number of rotatable bonds is 5. The quantitative estimate of drug-likeness (QED) is 0.782. The van der Waals surface area contributed by atoms with Gasteiger partial charge in [0.05, 0.1) is 6.10 Å². The number of carbonyl (C=O) groups excluding carboxylic acids is 1. The van der Waals surface area contributed by atoms with Crippen molar-refractivity contribution in [3.05, 3.63) is 29.8 Å². The molecule has 0 radical (unpaired) electrons. The van der Waals surface area contributed by atoms with Gasteiger partial charge < -0.3 is 20.2 Å². The summed E-state index contributed by atoms with van der Waals surface area (Å²) in [6, 6.07) is 6.87. The summed E-state index contributed by atoms with van der Waals surface area (Å²) < 4.78 is 0. The molecule has 24 heavy (non-hydrogen) atoms. The largest absolute Gasteiger partial charge is 0.390 e. The highest BCUT2D eigenvalue weighted by atomic mass is 16.3. The van der Waals surface area contributed by atoms with E-state index < -0.39 is 6.10 Å². The predicted octanol–water partition coefficient (Wildman–Crippen LogP) is 0.740. The Balaban J connectivity index is 1.79. The topological polar surface area (TPSA) is 59.1 Å². The lowest BCUT2D eigenvalue weighted by molar-refractivity contribution is 0.0670. The zero-order valence-corrected chi connectivity index (χ0v) is 14.4.